The highest BCUT2D eigenvalue weighted by Gasteiger charge is 2.06. The summed E-state index contributed by atoms with van der Waals surface area (Å²) in [6.07, 6.45) is 3.31. The SMILES string of the molecule is C=C(C)C(=C)C(=CCC)C(C)C. The molecule has 0 spiro atoms. The maximum absolute atomic E-state index is 4.03. The molecule has 0 saturated carbocycles. The summed E-state index contributed by atoms with van der Waals surface area (Å²) in [4.78, 5) is 0. The Balaban J connectivity index is 4.64. The van der Waals surface area contributed by atoms with E-state index in [0.29, 0.717) is 5.92 Å². The Morgan fingerprint density at radius 3 is 2.08 bits per heavy atom. The largest absolute Gasteiger partial charge is 0.0955 e. The van der Waals surface area contributed by atoms with Gasteiger partial charge in [0, 0.05) is 0 Å². The molecule has 0 aromatic carbocycles. The lowest BCUT2D eigenvalue weighted by atomic mass is 9.92. The fraction of sp³-hybridized carbons (Fsp3) is 0.500. The molecule has 0 aliphatic heterocycles. The van der Waals surface area contributed by atoms with E-state index in [4.69, 9.17) is 0 Å². The van der Waals surface area contributed by atoms with Gasteiger partial charge in [0.2, 0.25) is 0 Å². The van der Waals surface area contributed by atoms with Gasteiger partial charge in [-0.05, 0) is 30.4 Å². The van der Waals surface area contributed by atoms with Crippen LogP contribution < -0.4 is 0 Å². The first kappa shape index (κ1) is 11.2. The molecule has 0 aliphatic rings. The van der Waals surface area contributed by atoms with E-state index in [9.17, 15) is 0 Å². The van der Waals surface area contributed by atoms with E-state index in [1.165, 1.54) is 5.57 Å². The highest BCUT2D eigenvalue weighted by Crippen LogP contribution is 2.23. The van der Waals surface area contributed by atoms with Gasteiger partial charge in [-0.15, -0.1) is 0 Å². The van der Waals surface area contributed by atoms with Crippen molar-refractivity contribution in [1.29, 1.82) is 0 Å². The van der Waals surface area contributed by atoms with E-state index in [1.807, 2.05) is 6.92 Å². The Bertz CT molecular complexity index is 204. The fourth-order valence-corrected chi connectivity index (χ4v) is 1.17. The summed E-state index contributed by atoms with van der Waals surface area (Å²) in [6.45, 7) is 16.5. The molecular formula is C12H20. The summed E-state index contributed by atoms with van der Waals surface area (Å²) >= 11 is 0. The van der Waals surface area contributed by atoms with Crippen LogP contribution in [0.5, 0.6) is 0 Å². The monoisotopic (exact) mass is 164 g/mol. The van der Waals surface area contributed by atoms with Crippen LogP contribution in [0, 0.1) is 5.92 Å². The Labute approximate surface area is 76.7 Å². The minimum Gasteiger partial charge on any atom is -0.0955 e. The molecule has 0 radical (unpaired) electrons. The fourth-order valence-electron chi connectivity index (χ4n) is 1.17. The zero-order valence-corrected chi connectivity index (χ0v) is 8.78. The second-order valence-electron chi connectivity index (χ2n) is 3.48. The maximum atomic E-state index is 4.03. The quantitative estimate of drug-likeness (QED) is 0.548. The van der Waals surface area contributed by atoms with Crippen LogP contribution in [-0.2, 0) is 0 Å². The van der Waals surface area contributed by atoms with Gasteiger partial charge in [-0.25, -0.2) is 0 Å². The summed E-state index contributed by atoms with van der Waals surface area (Å²) in [5, 5.41) is 0. The molecule has 0 bridgehead atoms. The third-order valence-electron chi connectivity index (χ3n) is 1.91. The van der Waals surface area contributed by atoms with Crippen molar-refractivity contribution in [2.45, 2.75) is 34.1 Å². The van der Waals surface area contributed by atoms with E-state index < -0.39 is 0 Å². The Kier molecular flexibility index (Phi) is 4.65. The number of hydrogen-bond acceptors (Lipinski definition) is 0. The van der Waals surface area contributed by atoms with Gasteiger partial charge in [0.25, 0.3) is 0 Å². The maximum Gasteiger partial charge on any atom is -0.0216 e. The molecule has 0 N–H and O–H groups in total. The zero-order chi connectivity index (χ0) is 9.72. The first-order valence-corrected chi connectivity index (χ1v) is 4.55. The van der Waals surface area contributed by atoms with Crippen molar-refractivity contribution in [3.63, 3.8) is 0 Å². The normalized spacial score (nSPS) is 11.9. The summed E-state index contributed by atoms with van der Waals surface area (Å²) in [7, 11) is 0. The van der Waals surface area contributed by atoms with Crippen LogP contribution in [0.4, 0.5) is 0 Å². The topological polar surface area (TPSA) is 0 Å². The Morgan fingerprint density at radius 1 is 1.33 bits per heavy atom. The van der Waals surface area contributed by atoms with Crippen molar-refractivity contribution in [2.75, 3.05) is 0 Å². The molecule has 68 valence electrons. The van der Waals surface area contributed by atoms with E-state index in [2.05, 4.69) is 40.0 Å². The summed E-state index contributed by atoms with van der Waals surface area (Å²) < 4.78 is 0. The van der Waals surface area contributed by atoms with Crippen molar-refractivity contribution in [2.24, 2.45) is 5.92 Å². The lowest BCUT2D eigenvalue weighted by molar-refractivity contribution is 0.774. The number of rotatable bonds is 4. The Morgan fingerprint density at radius 2 is 1.83 bits per heavy atom. The average Bonchev–Trinajstić information content (AvgIpc) is 1.98. The number of allylic oxidation sites excluding steroid dienone is 4. The van der Waals surface area contributed by atoms with Gasteiger partial charge in [0.1, 0.15) is 0 Å². The van der Waals surface area contributed by atoms with Gasteiger partial charge >= 0.3 is 0 Å². The smallest absolute Gasteiger partial charge is 0.0216 e. The molecule has 0 atom stereocenters. The second kappa shape index (κ2) is 4.97. The van der Waals surface area contributed by atoms with Gasteiger partial charge in [0.15, 0.2) is 0 Å². The summed E-state index contributed by atoms with van der Waals surface area (Å²) in [5.41, 5.74) is 3.51. The molecule has 0 heteroatoms. The summed E-state index contributed by atoms with van der Waals surface area (Å²) in [6, 6.07) is 0. The predicted molar refractivity (Wildman–Crippen MR) is 57.2 cm³/mol. The van der Waals surface area contributed by atoms with Crippen LogP contribution >= 0.6 is 0 Å². The van der Waals surface area contributed by atoms with Crippen LogP contribution in [0.1, 0.15) is 34.1 Å². The number of hydrogen-bond donors (Lipinski definition) is 0. The van der Waals surface area contributed by atoms with Crippen molar-refractivity contribution in [3.05, 3.63) is 36.0 Å². The highest BCUT2D eigenvalue weighted by atomic mass is 14.1. The van der Waals surface area contributed by atoms with Crippen molar-refractivity contribution >= 4 is 0 Å². The van der Waals surface area contributed by atoms with Crippen molar-refractivity contribution in [1.82, 2.24) is 0 Å². The van der Waals surface area contributed by atoms with Gasteiger partial charge in [0.05, 0.1) is 0 Å². The van der Waals surface area contributed by atoms with E-state index >= 15 is 0 Å². The molecule has 0 aliphatic carbocycles. The Hall–Kier alpha value is -0.780. The van der Waals surface area contributed by atoms with Crippen LogP contribution in [0.2, 0.25) is 0 Å². The van der Waals surface area contributed by atoms with Crippen LogP contribution in [0.15, 0.2) is 36.0 Å². The van der Waals surface area contributed by atoms with Gasteiger partial charge in [-0.3, -0.25) is 0 Å². The molecule has 0 unspecified atom stereocenters. The van der Waals surface area contributed by atoms with Crippen LogP contribution in [0.25, 0.3) is 0 Å². The van der Waals surface area contributed by atoms with E-state index in [0.717, 1.165) is 17.6 Å². The van der Waals surface area contributed by atoms with Crippen LogP contribution in [-0.4, -0.2) is 0 Å². The first-order valence-electron chi connectivity index (χ1n) is 4.55. The lowest BCUT2D eigenvalue weighted by Gasteiger charge is -2.14. The molecule has 0 nitrogen and oxygen atoms in total. The third kappa shape index (κ3) is 3.08. The van der Waals surface area contributed by atoms with E-state index in [1.54, 1.807) is 0 Å². The molecule has 0 aromatic rings. The standard InChI is InChI=1S/C12H20/c1-7-8-12(10(4)5)11(6)9(2)3/h8,10H,2,6-7H2,1,3-5H3. The molecule has 0 aromatic heterocycles. The molecule has 0 amide bonds. The van der Waals surface area contributed by atoms with Gasteiger partial charge in [-0.1, -0.05) is 45.6 Å². The van der Waals surface area contributed by atoms with E-state index in [-0.39, 0.29) is 0 Å². The van der Waals surface area contributed by atoms with Gasteiger partial charge < -0.3 is 0 Å². The minimum absolute atomic E-state index is 0.550. The minimum atomic E-state index is 0.550. The second-order valence-corrected chi connectivity index (χ2v) is 3.48. The van der Waals surface area contributed by atoms with Crippen molar-refractivity contribution in [3.8, 4) is 0 Å². The molecule has 12 heavy (non-hydrogen) atoms. The molecule has 0 heterocycles. The average molecular weight is 164 g/mol. The highest BCUT2D eigenvalue weighted by molar-refractivity contribution is 5.42. The zero-order valence-electron chi connectivity index (χ0n) is 8.78. The van der Waals surface area contributed by atoms with Gasteiger partial charge in [-0.2, -0.15) is 0 Å². The third-order valence-corrected chi connectivity index (χ3v) is 1.91. The molecule has 0 rings (SSSR count). The van der Waals surface area contributed by atoms with Crippen molar-refractivity contribution < 1.29 is 0 Å². The first-order chi connectivity index (χ1) is 5.50. The lowest BCUT2D eigenvalue weighted by Crippen LogP contribution is -1.98. The predicted octanol–water partition coefficient (Wildman–Crippen LogP) is 4.11. The molecule has 0 fully saturated rings. The summed E-state index contributed by atoms with van der Waals surface area (Å²) in [5.74, 6) is 0.550. The molecule has 0 saturated heterocycles. The molecular weight excluding hydrogens is 144 g/mol. The van der Waals surface area contributed by atoms with Crippen LogP contribution in [0.3, 0.4) is 0 Å².